The number of ketones is 1. The second-order valence-electron chi connectivity index (χ2n) is 3.13. The van der Waals surface area contributed by atoms with Crippen LogP contribution in [-0.4, -0.2) is 26.1 Å². The predicted octanol–water partition coefficient (Wildman–Crippen LogP) is 2.30. The van der Waals surface area contributed by atoms with Crippen LogP contribution in [0.4, 0.5) is 0 Å². The van der Waals surface area contributed by atoms with Crippen LogP contribution in [0.25, 0.3) is 0 Å². The van der Waals surface area contributed by atoms with E-state index >= 15 is 0 Å². The highest BCUT2D eigenvalue weighted by molar-refractivity contribution is 5.96. The Hall–Kier alpha value is -1.35. The Bertz CT molecular complexity index is 320. The van der Waals surface area contributed by atoms with Crippen LogP contribution in [0.5, 0.6) is 5.75 Å². The number of carbonyl (C=O) groups excluding carboxylic acids is 1. The maximum Gasteiger partial charge on any atom is 0.165 e. The van der Waals surface area contributed by atoms with E-state index in [1.54, 1.807) is 19.2 Å². The quantitative estimate of drug-likeness (QED) is 0.673. The van der Waals surface area contributed by atoms with Gasteiger partial charge < -0.3 is 9.47 Å². The number of ether oxygens (including phenoxy) is 2. The Kier molecular flexibility index (Phi) is 4.84. The molecule has 3 nitrogen and oxygen atoms in total. The van der Waals surface area contributed by atoms with Gasteiger partial charge in [-0.1, -0.05) is 12.1 Å². The Morgan fingerprint density at radius 3 is 2.87 bits per heavy atom. The van der Waals surface area contributed by atoms with E-state index in [9.17, 15) is 4.79 Å². The van der Waals surface area contributed by atoms with E-state index in [1.165, 1.54) is 0 Å². The lowest BCUT2D eigenvalue weighted by Crippen LogP contribution is -2.03. The normalized spacial score (nSPS) is 10.0. The van der Waals surface area contributed by atoms with Crippen LogP contribution in [0.2, 0.25) is 0 Å². The highest BCUT2D eigenvalue weighted by Gasteiger charge is 2.06. The van der Waals surface area contributed by atoms with Crippen LogP contribution >= 0.6 is 0 Å². The highest BCUT2D eigenvalue weighted by Crippen LogP contribution is 2.14. The molecule has 0 atom stereocenters. The summed E-state index contributed by atoms with van der Waals surface area (Å²) in [5.74, 6) is 0.819. The predicted molar refractivity (Wildman–Crippen MR) is 58.4 cm³/mol. The van der Waals surface area contributed by atoms with Crippen molar-refractivity contribution >= 4 is 5.78 Å². The van der Waals surface area contributed by atoms with Crippen molar-refractivity contribution in [1.82, 2.24) is 0 Å². The fourth-order valence-corrected chi connectivity index (χ4v) is 1.27. The first-order chi connectivity index (χ1) is 7.27. The molecule has 0 aliphatic rings. The summed E-state index contributed by atoms with van der Waals surface area (Å²) < 4.78 is 10.2. The number of Topliss-reactive ketones (excluding diaryl/α,β-unsaturated/α-hetero) is 1. The van der Waals surface area contributed by atoms with E-state index in [4.69, 9.17) is 9.47 Å². The molecule has 0 spiro atoms. The molecule has 82 valence electrons. The first-order valence-corrected chi connectivity index (χ1v) is 5.03. The Morgan fingerprint density at radius 1 is 1.40 bits per heavy atom. The molecule has 0 saturated heterocycles. The summed E-state index contributed by atoms with van der Waals surface area (Å²) in [5.41, 5.74) is 0.679. The van der Waals surface area contributed by atoms with Crippen molar-refractivity contribution in [3.05, 3.63) is 29.8 Å². The third kappa shape index (κ3) is 3.72. The standard InChI is InChI=1S/C12H16O3/c1-3-15-11-6-4-5-10(9-11)12(13)7-8-14-2/h4-6,9H,3,7-8H2,1-2H3. The molecule has 0 aliphatic heterocycles. The summed E-state index contributed by atoms with van der Waals surface area (Å²) in [6, 6.07) is 7.23. The molecule has 0 amide bonds. The summed E-state index contributed by atoms with van der Waals surface area (Å²) >= 11 is 0. The SMILES string of the molecule is CCOc1cccc(C(=O)CCOC)c1. The van der Waals surface area contributed by atoms with Crippen molar-refractivity contribution in [2.75, 3.05) is 20.3 Å². The molecule has 1 aromatic carbocycles. The highest BCUT2D eigenvalue weighted by atomic mass is 16.5. The van der Waals surface area contributed by atoms with Crippen LogP contribution < -0.4 is 4.74 Å². The topological polar surface area (TPSA) is 35.5 Å². The van der Waals surface area contributed by atoms with Crippen molar-refractivity contribution in [2.24, 2.45) is 0 Å². The number of carbonyl (C=O) groups is 1. The van der Waals surface area contributed by atoms with E-state index in [-0.39, 0.29) is 5.78 Å². The zero-order chi connectivity index (χ0) is 11.1. The molecule has 0 bridgehead atoms. The smallest absolute Gasteiger partial charge is 0.165 e. The van der Waals surface area contributed by atoms with Crippen molar-refractivity contribution in [3.8, 4) is 5.75 Å². The van der Waals surface area contributed by atoms with Crippen molar-refractivity contribution < 1.29 is 14.3 Å². The van der Waals surface area contributed by atoms with Crippen LogP contribution in [-0.2, 0) is 4.74 Å². The van der Waals surface area contributed by atoms with E-state index in [1.807, 2.05) is 19.1 Å². The Balaban J connectivity index is 2.67. The molecule has 1 aromatic rings. The summed E-state index contributed by atoms with van der Waals surface area (Å²) in [6.45, 7) is 2.98. The van der Waals surface area contributed by atoms with Gasteiger partial charge in [-0.3, -0.25) is 4.79 Å². The molecule has 0 aromatic heterocycles. The summed E-state index contributed by atoms with van der Waals surface area (Å²) in [5, 5.41) is 0. The van der Waals surface area contributed by atoms with Gasteiger partial charge in [-0.2, -0.15) is 0 Å². The molecule has 0 aliphatic carbocycles. The van der Waals surface area contributed by atoms with Gasteiger partial charge in [0.1, 0.15) is 5.75 Å². The summed E-state index contributed by atoms with van der Waals surface area (Å²) in [7, 11) is 1.59. The van der Waals surface area contributed by atoms with Crippen molar-refractivity contribution in [2.45, 2.75) is 13.3 Å². The van der Waals surface area contributed by atoms with Crippen molar-refractivity contribution in [3.63, 3.8) is 0 Å². The molecule has 0 unspecified atom stereocenters. The van der Waals surface area contributed by atoms with Gasteiger partial charge in [0.15, 0.2) is 5.78 Å². The molecule has 0 saturated carbocycles. The molecular formula is C12H16O3. The summed E-state index contributed by atoms with van der Waals surface area (Å²) in [4.78, 5) is 11.6. The van der Waals surface area contributed by atoms with Gasteiger partial charge in [0.2, 0.25) is 0 Å². The van der Waals surface area contributed by atoms with E-state index in [0.29, 0.717) is 25.2 Å². The van der Waals surface area contributed by atoms with Crippen LogP contribution in [0.15, 0.2) is 24.3 Å². The number of hydrogen-bond donors (Lipinski definition) is 0. The molecule has 3 heteroatoms. The second-order valence-corrected chi connectivity index (χ2v) is 3.13. The minimum Gasteiger partial charge on any atom is -0.494 e. The largest absolute Gasteiger partial charge is 0.494 e. The van der Waals surface area contributed by atoms with Gasteiger partial charge in [0.25, 0.3) is 0 Å². The number of rotatable bonds is 6. The van der Waals surface area contributed by atoms with E-state index in [0.717, 1.165) is 5.75 Å². The number of benzene rings is 1. The van der Waals surface area contributed by atoms with Crippen LogP contribution in [0, 0.1) is 0 Å². The maximum absolute atomic E-state index is 11.6. The second kappa shape index (κ2) is 6.19. The molecule has 15 heavy (non-hydrogen) atoms. The molecule has 1 rings (SSSR count). The fourth-order valence-electron chi connectivity index (χ4n) is 1.27. The third-order valence-electron chi connectivity index (χ3n) is 2.00. The van der Waals surface area contributed by atoms with Gasteiger partial charge in [-0.05, 0) is 19.1 Å². The van der Waals surface area contributed by atoms with Crippen molar-refractivity contribution in [1.29, 1.82) is 0 Å². The number of hydrogen-bond acceptors (Lipinski definition) is 3. The zero-order valence-electron chi connectivity index (χ0n) is 9.16. The molecule has 0 fully saturated rings. The van der Waals surface area contributed by atoms with Gasteiger partial charge in [0.05, 0.1) is 13.2 Å². The Labute approximate surface area is 90.0 Å². The first-order valence-electron chi connectivity index (χ1n) is 5.03. The van der Waals surface area contributed by atoms with Gasteiger partial charge in [-0.15, -0.1) is 0 Å². The first kappa shape index (κ1) is 11.7. The molecule has 0 radical (unpaired) electrons. The maximum atomic E-state index is 11.6. The lowest BCUT2D eigenvalue weighted by molar-refractivity contribution is 0.0932. The Morgan fingerprint density at radius 2 is 2.20 bits per heavy atom. The van der Waals surface area contributed by atoms with E-state index < -0.39 is 0 Å². The minimum absolute atomic E-state index is 0.0819. The molecular weight excluding hydrogens is 192 g/mol. The molecule has 0 heterocycles. The van der Waals surface area contributed by atoms with Gasteiger partial charge in [-0.25, -0.2) is 0 Å². The monoisotopic (exact) mass is 208 g/mol. The van der Waals surface area contributed by atoms with Crippen LogP contribution in [0.1, 0.15) is 23.7 Å². The fraction of sp³-hybridized carbons (Fsp3) is 0.417. The van der Waals surface area contributed by atoms with Gasteiger partial charge >= 0.3 is 0 Å². The summed E-state index contributed by atoms with van der Waals surface area (Å²) in [6.07, 6.45) is 0.409. The van der Waals surface area contributed by atoms with Gasteiger partial charge in [0, 0.05) is 19.1 Å². The molecule has 0 N–H and O–H groups in total. The number of methoxy groups -OCH3 is 1. The lowest BCUT2D eigenvalue weighted by atomic mass is 10.1. The minimum atomic E-state index is 0.0819. The van der Waals surface area contributed by atoms with Crippen LogP contribution in [0.3, 0.4) is 0 Å². The average Bonchev–Trinajstić information content (AvgIpc) is 2.27. The lowest BCUT2D eigenvalue weighted by Gasteiger charge is -2.05. The average molecular weight is 208 g/mol. The zero-order valence-corrected chi connectivity index (χ0v) is 9.16. The third-order valence-corrected chi connectivity index (χ3v) is 2.00. The van der Waals surface area contributed by atoms with E-state index in [2.05, 4.69) is 0 Å².